The molecule has 7 heteroatoms. The first-order chi connectivity index (χ1) is 20.5. The molecule has 5 aromatic rings. The summed E-state index contributed by atoms with van der Waals surface area (Å²) in [6, 6.07) is 31.0. The number of carbonyl (C=O) groups is 2. The number of halogens is 1. The molecule has 210 valence electrons. The van der Waals surface area contributed by atoms with Crippen LogP contribution in [0.1, 0.15) is 22.6 Å². The summed E-state index contributed by atoms with van der Waals surface area (Å²) in [5, 5.41) is 0.706. The zero-order valence-corrected chi connectivity index (χ0v) is 23.1. The van der Waals surface area contributed by atoms with Crippen molar-refractivity contribution in [2.24, 2.45) is 0 Å². The smallest absolute Gasteiger partial charge is 0.417 e. The van der Waals surface area contributed by atoms with E-state index in [9.17, 15) is 14.0 Å². The van der Waals surface area contributed by atoms with Gasteiger partial charge in [0.15, 0.2) is 0 Å². The third kappa shape index (κ3) is 5.59. The summed E-state index contributed by atoms with van der Waals surface area (Å²) < 4.78 is 24.9. The summed E-state index contributed by atoms with van der Waals surface area (Å²) >= 11 is 0. The molecule has 6 rings (SSSR count). The highest BCUT2D eigenvalue weighted by atomic mass is 19.1. The van der Waals surface area contributed by atoms with E-state index in [-0.39, 0.29) is 18.3 Å². The van der Waals surface area contributed by atoms with E-state index >= 15 is 0 Å². The molecule has 2 heterocycles. The summed E-state index contributed by atoms with van der Waals surface area (Å²) in [5.74, 6) is -0.611. The lowest BCUT2D eigenvalue weighted by Gasteiger charge is -2.26. The van der Waals surface area contributed by atoms with E-state index in [1.54, 1.807) is 19.4 Å². The molecule has 1 aromatic heterocycles. The number of hydrogen-bond acceptors (Lipinski definition) is 5. The molecule has 2 atom stereocenters. The van der Waals surface area contributed by atoms with Gasteiger partial charge in [0, 0.05) is 11.6 Å². The number of rotatable bonds is 8. The number of nitrogens with zero attached hydrogens (tertiary/aromatic N) is 2. The highest BCUT2D eigenvalue weighted by Gasteiger charge is 2.41. The first-order valence-corrected chi connectivity index (χ1v) is 13.8. The number of fused-ring (bicyclic) bond motifs is 1. The van der Waals surface area contributed by atoms with E-state index in [1.165, 1.54) is 17.0 Å². The van der Waals surface area contributed by atoms with Crippen LogP contribution < -0.4 is 4.74 Å². The van der Waals surface area contributed by atoms with Crippen LogP contribution in [0.25, 0.3) is 22.0 Å². The molecule has 2 unspecified atom stereocenters. The fourth-order valence-electron chi connectivity index (χ4n) is 5.58. The van der Waals surface area contributed by atoms with Crippen molar-refractivity contribution in [2.75, 3.05) is 13.7 Å². The minimum atomic E-state index is -0.651. The second kappa shape index (κ2) is 11.8. The quantitative estimate of drug-likeness (QED) is 0.205. The van der Waals surface area contributed by atoms with E-state index in [0.717, 1.165) is 27.8 Å². The maximum Gasteiger partial charge on any atom is 0.417 e. The molecule has 0 radical (unpaired) electrons. The average molecular weight is 561 g/mol. The Morgan fingerprint density at radius 3 is 2.55 bits per heavy atom. The van der Waals surface area contributed by atoms with Crippen LogP contribution in [0.4, 0.5) is 9.18 Å². The number of amides is 2. The lowest BCUT2D eigenvalue weighted by molar-refractivity contribution is -0.130. The van der Waals surface area contributed by atoms with Gasteiger partial charge in [-0.2, -0.15) is 0 Å². The van der Waals surface area contributed by atoms with Gasteiger partial charge in [-0.05, 0) is 77.1 Å². The van der Waals surface area contributed by atoms with Crippen molar-refractivity contribution < 1.29 is 23.5 Å². The number of imide groups is 1. The molecule has 0 spiro atoms. The molecule has 0 aliphatic carbocycles. The van der Waals surface area contributed by atoms with Crippen molar-refractivity contribution in [1.82, 2.24) is 9.88 Å². The third-order valence-electron chi connectivity index (χ3n) is 7.71. The Labute approximate surface area is 243 Å². The van der Waals surface area contributed by atoms with E-state index in [4.69, 9.17) is 9.47 Å². The highest BCUT2D eigenvalue weighted by molar-refractivity contribution is 5.98. The van der Waals surface area contributed by atoms with Crippen molar-refractivity contribution >= 4 is 22.9 Å². The van der Waals surface area contributed by atoms with Gasteiger partial charge in [-0.1, -0.05) is 66.7 Å². The molecular formula is C35H29FN2O4. The lowest BCUT2D eigenvalue weighted by Crippen LogP contribution is -2.43. The second-order valence-electron chi connectivity index (χ2n) is 10.4. The van der Waals surface area contributed by atoms with Crippen molar-refractivity contribution in [3.05, 3.63) is 132 Å². The predicted molar refractivity (Wildman–Crippen MR) is 159 cm³/mol. The van der Waals surface area contributed by atoms with E-state index < -0.39 is 18.1 Å². The van der Waals surface area contributed by atoms with Gasteiger partial charge in [-0.15, -0.1) is 0 Å². The summed E-state index contributed by atoms with van der Waals surface area (Å²) in [5.41, 5.74) is 5.09. The van der Waals surface area contributed by atoms with Crippen molar-refractivity contribution in [3.8, 4) is 16.9 Å². The second-order valence-corrected chi connectivity index (χ2v) is 10.4. The highest BCUT2D eigenvalue weighted by Crippen LogP contribution is 2.33. The average Bonchev–Trinajstić information content (AvgIpc) is 3.39. The summed E-state index contributed by atoms with van der Waals surface area (Å²) in [4.78, 5) is 32.8. The number of methoxy groups -OCH3 is 1. The maximum atomic E-state index is 14.2. The Morgan fingerprint density at radius 1 is 0.976 bits per heavy atom. The molecule has 6 nitrogen and oxygen atoms in total. The molecule has 0 N–H and O–H groups in total. The molecule has 0 saturated carbocycles. The van der Waals surface area contributed by atoms with Crippen LogP contribution in [0.2, 0.25) is 0 Å². The van der Waals surface area contributed by atoms with Crippen LogP contribution in [-0.4, -0.2) is 41.6 Å². The number of hydrogen-bond donors (Lipinski definition) is 0. The standard InChI is InChI=1S/C35H29FN2O4/c1-41-29-9-5-8-24(19-29)20-31(34(39)38-28(22-42-35(38)40)18-23-6-3-2-4-7-23)26-12-10-25(11-13-26)30-16-17-37-33-15-14-27(36)21-32(30)33/h2-17,19,21,28,31H,18,20,22H2,1H3. The first-order valence-electron chi connectivity index (χ1n) is 13.8. The van der Waals surface area contributed by atoms with Gasteiger partial charge in [-0.3, -0.25) is 9.78 Å². The fourth-order valence-corrected chi connectivity index (χ4v) is 5.58. The molecule has 1 saturated heterocycles. The number of cyclic esters (lactones) is 1. The topological polar surface area (TPSA) is 68.7 Å². The van der Waals surface area contributed by atoms with E-state index in [0.29, 0.717) is 29.5 Å². The summed E-state index contributed by atoms with van der Waals surface area (Å²) in [6.45, 7) is 0.149. The van der Waals surface area contributed by atoms with Crippen LogP contribution in [0.5, 0.6) is 5.75 Å². The predicted octanol–water partition coefficient (Wildman–Crippen LogP) is 6.97. The van der Waals surface area contributed by atoms with Crippen LogP contribution >= 0.6 is 0 Å². The molecule has 1 fully saturated rings. The van der Waals surface area contributed by atoms with Gasteiger partial charge in [-0.25, -0.2) is 14.1 Å². The largest absolute Gasteiger partial charge is 0.497 e. The maximum absolute atomic E-state index is 14.2. The van der Waals surface area contributed by atoms with Crippen LogP contribution in [0.3, 0.4) is 0 Å². The summed E-state index contributed by atoms with van der Waals surface area (Å²) in [6.07, 6.45) is 1.94. The SMILES string of the molecule is COc1cccc(CC(C(=O)N2C(=O)OCC2Cc2ccccc2)c2ccc(-c3ccnc4ccc(F)cc34)cc2)c1. The monoisotopic (exact) mass is 560 g/mol. The fraction of sp³-hybridized carbons (Fsp3) is 0.171. The van der Waals surface area contributed by atoms with Crippen molar-refractivity contribution in [3.63, 3.8) is 0 Å². The van der Waals surface area contributed by atoms with Crippen LogP contribution in [0.15, 0.2) is 109 Å². The molecule has 1 aliphatic rings. The Kier molecular flexibility index (Phi) is 7.64. The van der Waals surface area contributed by atoms with Gasteiger partial charge in [0.05, 0.1) is 24.6 Å². The zero-order valence-electron chi connectivity index (χ0n) is 23.1. The molecule has 42 heavy (non-hydrogen) atoms. The molecular weight excluding hydrogens is 531 g/mol. The summed E-state index contributed by atoms with van der Waals surface area (Å²) in [7, 11) is 1.60. The third-order valence-corrected chi connectivity index (χ3v) is 7.71. The Balaban J connectivity index is 1.35. The normalized spacial score (nSPS) is 15.4. The number of pyridine rings is 1. The van der Waals surface area contributed by atoms with E-state index in [2.05, 4.69) is 4.98 Å². The van der Waals surface area contributed by atoms with Gasteiger partial charge in [0.25, 0.3) is 0 Å². The molecule has 0 bridgehead atoms. The van der Waals surface area contributed by atoms with Crippen LogP contribution in [0, 0.1) is 5.82 Å². The number of ether oxygens (including phenoxy) is 2. The lowest BCUT2D eigenvalue weighted by atomic mass is 9.88. The van der Waals surface area contributed by atoms with Crippen LogP contribution in [-0.2, 0) is 22.4 Å². The molecule has 4 aromatic carbocycles. The zero-order chi connectivity index (χ0) is 29.1. The minimum absolute atomic E-state index is 0.149. The number of benzene rings is 4. The van der Waals surface area contributed by atoms with Gasteiger partial charge in [0.1, 0.15) is 18.2 Å². The minimum Gasteiger partial charge on any atom is -0.497 e. The van der Waals surface area contributed by atoms with Gasteiger partial charge >= 0.3 is 6.09 Å². The Hall–Kier alpha value is -5.04. The van der Waals surface area contributed by atoms with Crippen molar-refractivity contribution in [2.45, 2.75) is 24.8 Å². The number of aromatic nitrogens is 1. The van der Waals surface area contributed by atoms with Gasteiger partial charge < -0.3 is 9.47 Å². The Morgan fingerprint density at radius 2 is 1.76 bits per heavy atom. The molecule has 1 aliphatic heterocycles. The van der Waals surface area contributed by atoms with Gasteiger partial charge in [0.2, 0.25) is 5.91 Å². The number of carbonyl (C=O) groups excluding carboxylic acids is 2. The first kappa shape index (κ1) is 27.1. The van der Waals surface area contributed by atoms with Crippen molar-refractivity contribution in [1.29, 1.82) is 0 Å². The van der Waals surface area contributed by atoms with E-state index in [1.807, 2.05) is 84.9 Å². The Bertz CT molecular complexity index is 1740. The molecule has 2 amide bonds.